The number of benzene rings is 2. The van der Waals surface area contributed by atoms with Gasteiger partial charge in [-0.3, -0.25) is 0 Å². The van der Waals surface area contributed by atoms with E-state index in [0.29, 0.717) is 12.2 Å². The first-order valence-corrected chi connectivity index (χ1v) is 12.5. The number of esters is 1. The number of aryl methyl sites for hydroxylation is 1. The first-order valence-electron chi connectivity index (χ1n) is 10.8. The minimum Gasteiger partial charge on any atom is -0.462 e. The van der Waals surface area contributed by atoms with Crippen molar-refractivity contribution in [2.75, 3.05) is 6.61 Å². The average Bonchev–Trinajstić information content (AvgIpc) is 3.26. The lowest BCUT2D eigenvalue weighted by molar-refractivity contribution is 0.0526. The Morgan fingerprint density at radius 3 is 2.38 bits per heavy atom. The van der Waals surface area contributed by atoms with Crippen LogP contribution in [0.1, 0.15) is 64.5 Å². The van der Waals surface area contributed by atoms with Gasteiger partial charge in [-0.05, 0) is 92.9 Å². The van der Waals surface area contributed by atoms with Crippen LogP contribution in [0.2, 0.25) is 0 Å². The molecule has 0 unspecified atom stereocenters. The van der Waals surface area contributed by atoms with Gasteiger partial charge in [0, 0.05) is 30.5 Å². The summed E-state index contributed by atoms with van der Waals surface area (Å²) in [6.07, 6.45) is 3.44. The van der Waals surface area contributed by atoms with Crippen molar-refractivity contribution in [2.24, 2.45) is 0 Å². The fourth-order valence-electron chi connectivity index (χ4n) is 3.61. The summed E-state index contributed by atoms with van der Waals surface area (Å²) < 4.78 is 5.09. The lowest BCUT2D eigenvalue weighted by atomic mass is 9.97. The van der Waals surface area contributed by atoms with Crippen LogP contribution in [0.15, 0.2) is 65.6 Å². The highest BCUT2D eigenvalue weighted by atomic mass is 32.2. The Morgan fingerprint density at radius 1 is 0.969 bits per heavy atom. The molecule has 0 N–H and O–H groups in total. The van der Waals surface area contributed by atoms with Gasteiger partial charge in [0.25, 0.3) is 0 Å². The molecule has 4 heteroatoms. The third-order valence-corrected chi connectivity index (χ3v) is 7.64. The number of carbonyl (C=O) groups is 1. The molecular weight excluding hydrogens is 432 g/mol. The maximum absolute atomic E-state index is 11.8. The molecule has 32 heavy (non-hydrogen) atoms. The van der Waals surface area contributed by atoms with Crippen molar-refractivity contribution < 1.29 is 9.53 Å². The van der Waals surface area contributed by atoms with Gasteiger partial charge in [-0.25, -0.2) is 4.79 Å². The van der Waals surface area contributed by atoms with E-state index in [-0.39, 0.29) is 10.7 Å². The fraction of sp³-hybridized carbons (Fsp3) is 0.250. The van der Waals surface area contributed by atoms with Crippen molar-refractivity contribution in [2.45, 2.75) is 43.8 Å². The monoisotopic (exact) mass is 458 g/mol. The van der Waals surface area contributed by atoms with E-state index in [2.05, 4.69) is 69.0 Å². The number of hydrogen-bond donors (Lipinski definition) is 0. The largest absolute Gasteiger partial charge is 0.462 e. The summed E-state index contributed by atoms with van der Waals surface area (Å²) in [4.78, 5) is 15.8. The number of carbonyl (C=O) groups excluding carboxylic acids is 1. The molecule has 2 nitrogen and oxygen atoms in total. The third-order valence-electron chi connectivity index (χ3n) is 5.16. The van der Waals surface area contributed by atoms with Gasteiger partial charge >= 0.3 is 5.97 Å². The van der Waals surface area contributed by atoms with Crippen LogP contribution >= 0.6 is 23.1 Å². The molecule has 0 bridgehead atoms. The van der Waals surface area contributed by atoms with E-state index in [9.17, 15) is 4.79 Å². The Balaban J connectivity index is 1.64. The standard InChI is InChI=1S/C28H26O2S2/c1-5-22-14-16-25(31-22)24-18-28(3,4)32-26-15-11-20(17-23(24)26)8-7-19-9-12-21(13-10-19)27(29)30-6-2/h9-18H,5-6H2,1-4H3. The van der Waals surface area contributed by atoms with Gasteiger partial charge in [0.15, 0.2) is 0 Å². The molecule has 2 aromatic carbocycles. The van der Waals surface area contributed by atoms with Crippen molar-refractivity contribution in [3.63, 3.8) is 0 Å². The first kappa shape index (κ1) is 22.5. The SMILES string of the molecule is CCOC(=O)c1ccc(C#Cc2ccc3c(c2)C(c2ccc(CC)s2)=CC(C)(C)S3)cc1. The zero-order valence-corrected chi connectivity index (χ0v) is 20.5. The highest BCUT2D eigenvalue weighted by Crippen LogP contribution is 2.47. The van der Waals surface area contributed by atoms with Crippen LogP contribution in [0.25, 0.3) is 5.57 Å². The lowest BCUT2D eigenvalue weighted by Gasteiger charge is -2.29. The van der Waals surface area contributed by atoms with Crippen molar-refractivity contribution in [1.29, 1.82) is 0 Å². The smallest absolute Gasteiger partial charge is 0.338 e. The van der Waals surface area contributed by atoms with Gasteiger partial charge in [0.2, 0.25) is 0 Å². The number of hydrogen-bond acceptors (Lipinski definition) is 4. The van der Waals surface area contributed by atoms with Crippen LogP contribution in [0.5, 0.6) is 0 Å². The molecule has 1 aliphatic heterocycles. The first-order chi connectivity index (χ1) is 15.4. The van der Waals surface area contributed by atoms with E-state index in [4.69, 9.17) is 4.74 Å². The second kappa shape index (κ2) is 9.40. The number of rotatable bonds is 4. The Hall–Kier alpha value is -2.74. The Labute approximate surface area is 198 Å². The van der Waals surface area contributed by atoms with Crippen LogP contribution < -0.4 is 0 Å². The highest BCUT2D eigenvalue weighted by Gasteiger charge is 2.27. The molecule has 0 fully saturated rings. The summed E-state index contributed by atoms with van der Waals surface area (Å²) in [7, 11) is 0. The second-order valence-corrected chi connectivity index (χ2v) is 11.0. The quantitative estimate of drug-likeness (QED) is 0.305. The van der Waals surface area contributed by atoms with Gasteiger partial charge in [-0.2, -0.15) is 0 Å². The highest BCUT2D eigenvalue weighted by molar-refractivity contribution is 8.01. The average molecular weight is 459 g/mol. The maximum atomic E-state index is 11.8. The van der Waals surface area contributed by atoms with E-state index >= 15 is 0 Å². The number of fused-ring (bicyclic) bond motifs is 1. The Kier molecular flexibility index (Phi) is 6.60. The molecule has 1 aliphatic rings. The van der Waals surface area contributed by atoms with Crippen molar-refractivity contribution in [3.05, 3.63) is 92.7 Å². The molecule has 0 spiro atoms. The second-order valence-electron chi connectivity index (χ2n) is 8.14. The van der Waals surface area contributed by atoms with E-state index in [0.717, 1.165) is 17.5 Å². The third kappa shape index (κ3) is 5.01. The van der Waals surface area contributed by atoms with Crippen LogP contribution in [-0.4, -0.2) is 17.3 Å². The molecular formula is C28H26O2S2. The number of thiophene rings is 1. The van der Waals surface area contributed by atoms with Gasteiger partial charge in [0.05, 0.1) is 12.2 Å². The van der Waals surface area contributed by atoms with E-state index in [1.165, 1.54) is 25.8 Å². The van der Waals surface area contributed by atoms with E-state index < -0.39 is 0 Å². The number of ether oxygens (including phenoxy) is 1. The molecule has 4 rings (SSSR count). The van der Waals surface area contributed by atoms with Crippen LogP contribution in [-0.2, 0) is 11.2 Å². The summed E-state index contributed by atoms with van der Waals surface area (Å²) in [5, 5.41) is 0. The molecule has 0 atom stereocenters. The van der Waals surface area contributed by atoms with Crippen LogP contribution in [0, 0.1) is 11.8 Å². The van der Waals surface area contributed by atoms with Crippen molar-refractivity contribution in [1.82, 2.24) is 0 Å². The minimum absolute atomic E-state index is 0.0482. The van der Waals surface area contributed by atoms with Gasteiger partial charge < -0.3 is 4.74 Å². The molecule has 0 amide bonds. The summed E-state index contributed by atoms with van der Waals surface area (Å²) in [6, 6.07) is 18.2. The van der Waals surface area contributed by atoms with Gasteiger partial charge in [-0.1, -0.05) is 24.8 Å². The molecule has 162 valence electrons. The van der Waals surface area contributed by atoms with E-state index in [1.54, 1.807) is 19.1 Å². The molecule has 0 saturated heterocycles. The molecule has 3 aromatic rings. The molecule has 0 radical (unpaired) electrons. The summed E-state index contributed by atoms with van der Waals surface area (Å²) in [5.41, 5.74) is 4.95. The summed E-state index contributed by atoms with van der Waals surface area (Å²) in [5.74, 6) is 6.21. The van der Waals surface area contributed by atoms with Crippen molar-refractivity contribution >= 4 is 34.6 Å². The fourth-order valence-corrected chi connectivity index (χ4v) is 5.75. The molecule has 1 aromatic heterocycles. The predicted molar refractivity (Wildman–Crippen MR) is 136 cm³/mol. The zero-order chi connectivity index (χ0) is 22.7. The molecule has 0 saturated carbocycles. The Morgan fingerprint density at radius 2 is 1.69 bits per heavy atom. The van der Waals surface area contributed by atoms with Gasteiger partial charge in [-0.15, -0.1) is 23.1 Å². The van der Waals surface area contributed by atoms with Gasteiger partial charge in [0.1, 0.15) is 0 Å². The van der Waals surface area contributed by atoms with Crippen LogP contribution in [0.3, 0.4) is 0 Å². The number of thioether (sulfide) groups is 1. The minimum atomic E-state index is -0.304. The summed E-state index contributed by atoms with van der Waals surface area (Å²) in [6.45, 7) is 8.91. The van der Waals surface area contributed by atoms with Crippen LogP contribution in [0.4, 0.5) is 0 Å². The van der Waals surface area contributed by atoms with Crippen molar-refractivity contribution in [3.8, 4) is 11.8 Å². The molecule has 2 heterocycles. The zero-order valence-electron chi connectivity index (χ0n) is 18.8. The predicted octanol–water partition coefficient (Wildman–Crippen LogP) is 7.20. The maximum Gasteiger partial charge on any atom is 0.338 e. The summed E-state index contributed by atoms with van der Waals surface area (Å²) >= 11 is 3.77. The van der Waals surface area contributed by atoms with E-state index in [1.807, 2.05) is 35.2 Å². The Bertz CT molecular complexity index is 1230. The normalized spacial score (nSPS) is 14.1. The topological polar surface area (TPSA) is 26.3 Å². The molecule has 0 aliphatic carbocycles. The lowest BCUT2D eigenvalue weighted by Crippen LogP contribution is -2.15.